The van der Waals surface area contributed by atoms with Crippen LogP contribution in [0.15, 0.2) is 54.6 Å². The molecule has 2 aromatic rings. The molecule has 2 aliphatic rings. The number of unbranched alkanes of at least 4 members (excludes halogenated alkanes) is 2. The summed E-state index contributed by atoms with van der Waals surface area (Å²) in [6, 6.07) is 19.9. The molecule has 0 amide bonds. The van der Waals surface area contributed by atoms with Crippen molar-refractivity contribution in [3.05, 3.63) is 71.3 Å². The Morgan fingerprint density at radius 3 is 2.20 bits per heavy atom. The van der Waals surface area contributed by atoms with Crippen molar-refractivity contribution >= 4 is 5.97 Å². The van der Waals surface area contributed by atoms with Crippen molar-refractivity contribution in [1.82, 2.24) is 0 Å². The number of carbonyl (C=O) groups is 1. The van der Waals surface area contributed by atoms with Crippen molar-refractivity contribution in [2.24, 2.45) is 0 Å². The van der Waals surface area contributed by atoms with Gasteiger partial charge in [-0.2, -0.15) is 0 Å². The molecular weight excluding hydrogens is 370 g/mol. The molecule has 3 heteroatoms. The highest BCUT2D eigenvalue weighted by molar-refractivity contribution is 5.89. The largest absolute Gasteiger partial charge is 0.458 e. The van der Waals surface area contributed by atoms with E-state index in [1.807, 2.05) is 30.3 Å². The smallest absolute Gasteiger partial charge is 0.338 e. The molecule has 0 saturated carbocycles. The summed E-state index contributed by atoms with van der Waals surface area (Å²) in [7, 11) is 2.42. The number of quaternary nitrogens is 1. The van der Waals surface area contributed by atoms with E-state index in [1.165, 1.54) is 49.7 Å². The number of piperidine rings is 1. The number of hydrogen-bond acceptors (Lipinski definition) is 2. The molecular formula is C27H36NO2+. The Bertz CT molecular complexity index is 816. The van der Waals surface area contributed by atoms with Gasteiger partial charge in [-0.1, -0.05) is 62.2 Å². The Morgan fingerprint density at radius 1 is 0.933 bits per heavy atom. The number of rotatable bonds is 8. The lowest BCUT2D eigenvalue weighted by Crippen LogP contribution is -2.58. The molecule has 2 unspecified atom stereocenters. The van der Waals surface area contributed by atoms with Crippen LogP contribution in [0.4, 0.5) is 0 Å². The first-order chi connectivity index (χ1) is 14.6. The monoisotopic (exact) mass is 406 g/mol. The van der Waals surface area contributed by atoms with E-state index in [-0.39, 0.29) is 12.1 Å². The third-order valence-corrected chi connectivity index (χ3v) is 7.47. The molecule has 2 bridgehead atoms. The van der Waals surface area contributed by atoms with Crippen LogP contribution in [0.1, 0.15) is 73.4 Å². The average molecular weight is 407 g/mol. The van der Waals surface area contributed by atoms with Gasteiger partial charge in [0.05, 0.1) is 24.7 Å². The second kappa shape index (κ2) is 9.34. The van der Waals surface area contributed by atoms with E-state index in [4.69, 9.17) is 4.74 Å². The van der Waals surface area contributed by atoms with Gasteiger partial charge in [0.2, 0.25) is 0 Å². The number of hydrogen-bond donors (Lipinski definition) is 0. The summed E-state index contributed by atoms with van der Waals surface area (Å²) >= 11 is 0. The lowest BCUT2D eigenvalue weighted by atomic mass is 9.95. The molecule has 160 valence electrons. The molecule has 2 fully saturated rings. The van der Waals surface area contributed by atoms with Gasteiger partial charge in [0.15, 0.2) is 0 Å². The molecule has 0 aliphatic carbocycles. The summed E-state index contributed by atoms with van der Waals surface area (Å²) in [6.45, 7) is 3.34. The van der Waals surface area contributed by atoms with Gasteiger partial charge in [-0.05, 0) is 30.5 Å². The van der Waals surface area contributed by atoms with Crippen LogP contribution < -0.4 is 0 Å². The molecule has 4 rings (SSSR count). The zero-order valence-corrected chi connectivity index (χ0v) is 18.6. The first kappa shape index (κ1) is 21.1. The van der Waals surface area contributed by atoms with E-state index in [0.717, 1.165) is 23.9 Å². The minimum atomic E-state index is -0.172. The topological polar surface area (TPSA) is 26.3 Å². The van der Waals surface area contributed by atoms with E-state index in [2.05, 4.69) is 38.2 Å². The minimum Gasteiger partial charge on any atom is -0.458 e. The molecule has 2 saturated heterocycles. The molecule has 0 radical (unpaired) electrons. The minimum absolute atomic E-state index is 0.0577. The van der Waals surface area contributed by atoms with Gasteiger partial charge in [-0.3, -0.25) is 0 Å². The van der Waals surface area contributed by atoms with Crippen LogP contribution in [0, 0.1) is 0 Å². The lowest BCUT2D eigenvalue weighted by molar-refractivity contribution is -0.961. The molecule has 0 N–H and O–H groups in total. The number of aryl methyl sites for hydroxylation is 1. The summed E-state index contributed by atoms with van der Waals surface area (Å²) in [5.74, 6) is -0.172. The van der Waals surface area contributed by atoms with E-state index in [1.54, 1.807) is 0 Å². The predicted molar refractivity (Wildman–Crippen MR) is 121 cm³/mol. The summed E-state index contributed by atoms with van der Waals surface area (Å²) in [4.78, 5) is 12.5. The summed E-state index contributed by atoms with van der Waals surface area (Å²) < 4.78 is 7.02. The normalized spacial score (nSPS) is 27.7. The molecule has 0 aromatic heterocycles. The fraction of sp³-hybridized carbons (Fsp3) is 0.519. The summed E-state index contributed by atoms with van der Waals surface area (Å²) in [5.41, 5.74) is 3.56. The molecule has 2 aromatic carbocycles. The van der Waals surface area contributed by atoms with Crippen molar-refractivity contribution in [3.8, 4) is 0 Å². The zero-order chi connectivity index (χ0) is 21.0. The lowest BCUT2D eigenvalue weighted by Gasteiger charge is -2.47. The molecule has 0 spiro atoms. The first-order valence-electron chi connectivity index (χ1n) is 11.8. The van der Waals surface area contributed by atoms with E-state index in [9.17, 15) is 4.79 Å². The quantitative estimate of drug-likeness (QED) is 0.309. The number of fused-ring (bicyclic) bond motifs is 2. The van der Waals surface area contributed by atoms with Gasteiger partial charge < -0.3 is 9.22 Å². The van der Waals surface area contributed by atoms with Crippen molar-refractivity contribution in [1.29, 1.82) is 0 Å². The van der Waals surface area contributed by atoms with E-state index >= 15 is 0 Å². The maximum atomic E-state index is 12.5. The molecule has 2 heterocycles. The third kappa shape index (κ3) is 4.62. The number of nitrogens with zero attached hydrogens (tertiary/aromatic N) is 1. The summed E-state index contributed by atoms with van der Waals surface area (Å²) in [6.07, 6.45) is 9.60. The highest BCUT2D eigenvalue weighted by atomic mass is 16.5. The Labute approximate surface area is 181 Å². The Balaban J connectivity index is 1.36. The van der Waals surface area contributed by atoms with Crippen molar-refractivity contribution in [2.75, 3.05) is 7.05 Å². The first-order valence-corrected chi connectivity index (χ1v) is 11.8. The Kier molecular flexibility index (Phi) is 6.58. The number of ether oxygens (including phenoxy) is 1. The Morgan fingerprint density at radius 2 is 1.57 bits per heavy atom. The van der Waals surface area contributed by atoms with Crippen molar-refractivity contribution in [2.45, 2.75) is 83.0 Å². The van der Waals surface area contributed by atoms with Crippen LogP contribution in [0.25, 0.3) is 0 Å². The second-order valence-corrected chi connectivity index (χ2v) is 9.53. The predicted octanol–water partition coefficient (Wildman–Crippen LogP) is 5.92. The molecule has 2 aliphatic heterocycles. The average Bonchev–Trinajstić information content (AvgIpc) is 2.92. The maximum absolute atomic E-state index is 12.5. The summed E-state index contributed by atoms with van der Waals surface area (Å²) in [5, 5.41) is 0. The van der Waals surface area contributed by atoms with Gasteiger partial charge in [-0.25, -0.2) is 4.79 Å². The van der Waals surface area contributed by atoms with Crippen LogP contribution in [-0.2, 0) is 17.7 Å². The van der Waals surface area contributed by atoms with Crippen molar-refractivity contribution < 1.29 is 14.0 Å². The van der Waals surface area contributed by atoms with Crippen LogP contribution in [0.5, 0.6) is 0 Å². The van der Waals surface area contributed by atoms with Crippen LogP contribution >= 0.6 is 0 Å². The molecule has 3 nitrogen and oxygen atoms in total. The van der Waals surface area contributed by atoms with Gasteiger partial charge in [0.1, 0.15) is 12.6 Å². The van der Waals surface area contributed by atoms with Gasteiger partial charge in [-0.15, -0.1) is 0 Å². The van der Waals surface area contributed by atoms with Crippen LogP contribution in [-0.4, -0.2) is 35.7 Å². The van der Waals surface area contributed by atoms with Gasteiger partial charge >= 0.3 is 5.97 Å². The highest BCUT2D eigenvalue weighted by Gasteiger charge is 2.52. The second-order valence-electron chi connectivity index (χ2n) is 9.53. The Hall–Kier alpha value is -2.13. The van der Waals surface area contributed by atoms with Crippen LogP contribution in [0.2, 0.25) is 0 Å². The van der Waals surface area contributed by atoms with Crippen molar-refractivity contribution in [3.63, 3.8) is 0 Å². The number of benzene rings is 2. The fourth-order valence-electron chi connectivity index (χ4n) is 5.63. The number of carbonyl (C=O) groups excluding carboxylic acids is 1. The SMILES string of the molecule is CCCCCc1ccc(C[N+]2(C)[C@@H]3CC[C@H]2CC(OC(=O)c2ccccc2)C3)cc1. The van der Waals surface area contributed by atoms with Gasteiger partial charge in [0, 0.05) is 31.2 Å². The standard InChI is InChI=1S/C27H36NO2/c1-3-4-6-9-21-12-14-22(15-13-21)20-28(2)24-16-17-25(28)19-26(18-24)30-27(29)23-10-7-5-8-11-23/h5,7-8,10-15,24-26H,3-4,6,9,16-20H2,1-2H3/q+1/t24-,25+,26?,28?. The fourth-order valence-corrected chi connectivity index (χ4v) is 5.63. The van der Waals surface area contributed by atoms with E-state index in [0.29, 0.717) is 17.6 Å². The molecule has 4 atom stereocenters. The number of esters is 1. The van der Waals surface area contributed by atoms with Gasteiger partial charge in [0.25, 0.3) is 0 Å². The highest BCUT2D eigenvalue weighted by Crippen LogP contribution is 2.43. The zero-order valence-electron chi connectivity index (χ0n) is 18.6. The maximum Gasteiger partial charge on any atom is 0.338 e. The van der Waals surface area contributed by atoms with Crippen LogP contribution in [0.3, 0.4) is 0 Å². The van der Waals surface area contributed by atoms with E-state index < -0.39 is 0 Å². The third-order valence-electron chi connectivity index (χ3n) is 7.47. The molecule has 30 heavy (non-hydrogen) atoms.